The molecular weight excluding hydrogens is 893 g/mol. The SMILES string of the molecule is CC1(C)c2cc(N(c3ccc(-c4ccccc4)cc3)c3cc(-c4ccccc4)cc(-c4ccccc4)c3)ccc2-c2cc3c(cc21)-c1c(-c2cccc(-n4c5ccccc5c5ccccc54)c2)cccc1C3(C)C. The van der Waals surface area contributed by atoms with E-state index in [-0.39, 0.29) is 10.8 Å². The Morgan fingerprint density at radius 1 is 0.284 bits per heavy atom. The van der Waals surface area contributed by atoms with E-state index in [2.05, 4.69) is 292 Å². The molecule has 2 aliphatic carbocycles. The Morgan fingerprint density at radius 2 is 0.770 bits per heavy atom. The number of benzene rings is 11. The van der Waals surface area contributed by atoms with Gasteiger partial charge in [-0.25, -0.2) is 0 Å². The average Bonchev–Trinajstić information content (AvgIpc) is 4.01. The number of nitrogens with zero attached hydrogens (tertiary/aromatic N) is 2. The smallest absolute Gasteiger partial charge is 0.0541 e. The third-order valence-corrected chi connectivity index (χ3v) is 16.4. The summed E-state index contributed by atoms with van der Waals surface area (Å²) in [6.07, 6.45) is 0. The quantitative estimate of drug-likeness (QED) is 0.147. The summed E-state index contributed by atoms with van der Waals surface area (Å²) in [5.74, 6) is 0. The van der Waals surface area contributed by atoms with Crippen molar-refractivity contribution < 1.29 is 0 Å². The van der Waals surface area contributed by atoms with Crippen LogP contribution >= 0.6 is 0 Å². The van der Waals surface area contributed by atoms with Gasteiger partial charge in [0.1, 0.15) is 0 Å². The molecule has 2 nitrogen and oxygen atoms in total. The highest BCUT2D eigenvalue weighted by Gasteiger charge is 2.43. The minimum atomic E-state index is -0.280. The first-order chi connectivity index (χ1) is 36.2. The number of aromatic nitrogens is 1. The molecule has 14 rings (SSSR count). The van der Waals surface area contributed by atoms with Gasteiger partial charge in [0.05, 0.1) is 11.0 Å². The maximum Gasteiger partial charge on any atom is 0.0541 e. The Labute approximate surface area is 434 Å². The Hall–Kier alpha value is -8.98. The van der Waals surface area contributed by atoms with Crippen LogP contribution in [0.2, 0.25) is 0 Å². The van der Waals surface area contributed by atoms with E-state index in [4.69, 9.17) is 0 Å². The number of para-hydroxylation sites is 2. The van der Waals surface area contributed by atoms with E-state index in [0.717, 1.165) is 17.1 Å². The Morgan fingerprint density at radius 3 is 1.41 bits per heavy atom. The first kappa shape index (κ1) is 43.8. The maximum atomic E-state index is 2.56. The van der Waals surface area contributed by atoms with E-state index in [0.29, 0.717) is 0 Å². The van der Waals surface area contributed by atoms with Crippen molar-refractivity contribution in [3.8, 4) is 72.4 Å². The van der Waals surface area contributed by atoms with Gasteiger partial charge in [0.25, 0.3) is 0 Å². The zero-order chi connectivity index (χ0) is 49.7. The van der Waals surface area contributed by atoms with Crippen molar-refractivity contribution >= 4 is 38.9 Å². The van der Waals surface area contributed by atoms with Crippen molar-refractivity contribution in [3.05, 3.63) is 277 Å². The van der Waals surface area contributed by atoms with Gasteiger partial charge in [-0.05, 0) is 168 Å². The van der Waals surface area contributed by atoms with E-state index >= 15 is 0 Å². The molecule has 352 valence electrons. The molecule has 0 amide bonds. The van der Waals surface area contributed by atoms with Crippen LogP contribution in [-0.2, 0) is 10.8 Å². The van der Waals surface area contributed by atoms with E-state index < -0.39 is 0 Å². The predicted octanol–water partition coefficient (Wildman–Crippen LogP) is 19.5. The second-order valence-corrected chi connectivity index (χ2v) is 21.3. The molecule has 1 aromatic heterocycles. The first-order valence-electron chi connectivity index (χ1n) is 26.0. The van der Waals surface area contributed by atoms with Gasteiger partial charge in [-0.2, -0.15) is 0 Å². The summed E-state index contributed by atoms with van der Waals surface area (Å²) >= 11 is 0. The molecule has 1 heterocycles. The van der Waals surface area contributed by atoms with Crippen LogP contribution in [-0.4, -0.2) is 4.57 Å². The van der Waals surface area contributed by atoms with Crippen molar-refractivity contribution in [2.45, 2.75) is 38.5 Å². The molecule has 0 atom stereocenters. The van der Waals surface area contributed by atoms with Crippen LogP contribution in [0.25, 0.3) is 94.3 Å². The molecule has 0 spiro atoms. The summed E-state index contributed by atoms with van der Waals surface area (Å²) in [7, 11) is 0. The Balaban J connectivity index is 0.905. The largest absolute Gasteiger partial charge is 0.310 e. The second-order valence-electron chi connectivity index (χ2n) is 21.3. The van der Waals surface area contributed by atoms with Gasteiger partial charge >= 0.3 is 0 Å². The van der Waals surface area contributed by atoms with Gasteiger partial charge < -0.3 is 9.47 Å². The number of anilines is 3. The zero-order valence-corrected chi connectivity index (χ0v) is 42.1. The predicted molar refractivity (Wildman–Crippen MR) is 312 cm³/mol. The molecule has 0 saturated heterocycles. The minimum absolute atomic E-state index is 0.198. The first-order valence-corrected chi connectivity index (χ1v) is 26.0. The Bertz CT molecular complexity index is 4050. The normalized spacial score (nSPS) is 13.6. The molecule has 11 aromatic carbocycles. The van der Waals surface area contributed by atoms with Gasteiger partial charge in [0, 0.05) is 44.4 Å². The van der Waals surface area contributed by atoms with Gasteiger partial charge in [-0.3, -0.25) is 0 Å². The zero-order valence-electron chi connectivity index (χ0n) is 42.1. The van der Waals surface area contributed by atoms with Crippen LogP contribution in [0, 0.1) is 0 Å². The highest BCUT2D eigenvalue weighted by Crippen LogP contribution is 2.58. The van der Waals surface area contributed by atoms with Gasteiger partial charge in [-0.15, -0.1) is 0 Å². The van der Waals surface area contributed by atoms with Crippen LogP contribution in [0.1, 0.15) is 49.9 Å². The van der Waals surface area contributed by atoms with Crippen molar-refractivity contribution in [1.82, 2.24) is 4.57 Å². The van der Waals surface area contributed by atoms with Crippen molar-refractivity contribution in [1.29, 1.82) is 0 Å². The van der Waals surface area contributed by atoms with E-state index in [1.165, 1.54) is 117 Å². The standard InChI is InChI=1S/C72H54N2/c1-71(2)64-31-19-30-58(51-26-18-27-55(41-51)74-68-32-16-14-28-60(68)61-29-15-17-33-69(61)74)70(64)63-46-66-62(45-67(63)71)59-39-38-56(44-65(59)72(66,3)4)73(54-36-34-50(35-37-54)47-20-8-5-9-21-47)57-42-52(48-22-10-6-11-23-48)40-53(43-57)49-24-12-7-13-25-49/h5-46H,1-4H3. The maximum absolute atomic E-state index is 2.56. The van der Waals surface area contributed by atoms with Crippen molar-refractivity contribution in [2.75, 3.05) is 4.90 Å². The second kappa shape index (κ2) is 16.8. The summed E-state index contributed by atoms with van der Waals surface area (Å²) in [4.78, 5) is 2.46. The average molecular weight is 947 g/mol. The lowest BCUT2D eigenvalue weighted by molar-refractivity contribution is 0.652. The lowest BCUT2D eigenvalue weighted by atomic mass is 9.79. The molecular formula is C72H54N2. The number of fused-ring (bicyclic) bond motifs is 9. The molecule has 0 fully saturated rings. The number of rotatable bonds is 8. The molecule has 0 saturated carbocycles. The molecule has 12 aromatic rings. The third-order valence-electron chi connectivity index (χ3n) is 16.4. The fraction of sp³-hybridized carbons (Fsp3) is 0.0833. The molecule has 2 heteroatoms. The fourth-order valence-electron chi connectivity index (χ4n) is 12.6. The van der Waals surface area contributed by atoms with Gasteiger partial charge in [-0.1, -0.05) is 204 Å². The number of hydrogen-bond acceptors (Lipinski definition) is 1. The topological polar surface area (TPSA) is 8.17 Å². The summed E-state index contributed by atoms with van der Waals surface area (Å²) in [5, 5.41) is 2.54. The lowest BCUT2D eigenvalue weighted by Crippen LogP contribution is -2.17. The molecule has 2 aliphatic rings. The van der Waals surface area contributed by atoms with Gasteiger partial charge in [0.2, 0.25) is 0 Å². The van der Waals surface area contributed by atoms with E-state index in [1.807, 2.05) is 0 Å². The van der Waals surface area contributed by atoms with Crippen LogP contribution < -0.4 is 4.90 Å². The van der Waals surface area contributed by atoms with E-state index in [9.17, 15) is 0 Å². The third kappa shape index (κ3) is 6.86. The number of hydrogen-bond donors (Lipinski definition) is 0. The summed E-state index contributed by atoms with van der Waals surface area (Å²) in [5.41, 5.74) is 26.9. The molecule has 0 bridgehead atoms. The minimum Gasteiger partial charge on any atom is -0.310 e. The molecule has 0 unspecified atom stereocenters. The lowest BCUT2D eigenvalue weighted by Gasteiger charge is -2.29. The van der Waals surface area contributed by atoms with Crippen LogP contribution in [0.4, 0.5) is 17.1 Å². The highest BCUT2D eigenvalue weighted by atomic mass is 15.1. The van der Waals surface area contributed by atoms with Crippen molar-refractivity contribution in [3.63, 3.8) is 0 Å². The molecule has 0 N–H and O–H groups in total. The summed E-state index contributed by atoms with van der Waals surface area (Å²) < 4.78 is 2.43. The molecule has 74 heavy (non-hydrogen) atoms. The summed E-state index contributed by atoms with van der Waals surface area (Å²) in [6, 6.07) is 94.5. The molecule has 0 aliphatic heterocycles. The van der Waals surface area contributed by atoms with Crippen molar-refractivity contribution in [2.24, 2.45) is 0 Å². The highest BCUT2D eigenvalue weighted by molar-refractivity contribution is 6.09. The van der Waals surface area contributed by atoms with E-state index in [1.54, 1.807) is 0 Å². The fourth-order valence-corrected chi connectivity index (χ4v) is 12.6. The monoisotopic (exact) mass is 946 g/mol. The van der Waals surface area contributed by atoms with Crippen LogP contribution in [0.15, 0.2) is 255 Å². The Kier molecular flexibility index (Phi) is 9.94. The van der Waals surface area contributed by atoms with Gasteiger partial charge in [0.15, 0.2) is 0 Å². The van der Waals surface area contributed by atoms with Crippen LogP contribution in [0.3, 0.4) is 0 Å². The summed E-state index contributed by atoms with van der Waals surface area (Å²) in [6.45, 7) is 9.69. The molecule has 0 radical (unpaired) electrons. The van der Waals surface area contributed by atoms with Crippen LogP contribution in [0.5, 0.6) is 0 Å².